The summed E-state index contributed by atoms with van der Waals surface area (Å²) in [5, 5.41) is 3.17. The number of hydrogen-bond acceptors (Lipinski definition) is 3. The molecule has 120 valence electrons. The Balaban J connectivity index is 2.29. The topological polar surface area (TPSA) is 24.5 Å². The maximum Gasteiger partial charge on any atom is 0.0717 e. The van der Waals surface area contributed by atoms with Gasteiger partial charge in [-0.05, 0) is 58.8 Å². The SMILES string of the molecule is CNCCc1ccc(COCCN(C(C)C)C(C)C)cc1. The van der Waals surface area contributed by atoms with Crippen LogP contribution in [0.2, 0.25) is 0 Å². The van der Waals surface area contributed by atoms with Crippen molar-refractivity contribution in [2.24, 2.45) is 0 Å². The fourth-order valence-electron chi connectivity index (χ4n) is 2.54. The van der Waals surface area contributed by atoms with Crippen molar-refractivity contribution in [2.75, 3.05) is 26.7 Å². The zero-order valence-electron chi connectivity index (χ0n) is 14.4. The molecule has 0 aliphatic rings. The summed E-state index contributed by atoms with van der Waals surface area (Å²) >= 11 is 0. The zero-order valence-corrected chi connectivity index (χ0v) is 14.4. The first-order valence-electron chi connectivity index (χ1n) is 8.10. The van der Waals surface area contributed by atoms with Gasteiger partial charge in [-0.15, -0.1) is 0 Å². The second kappa shape index (κ2) is 9.93. The van der Waals surface area contributed by atoms with Gasteiger partial charge in [0.25, 0.3) is 0 Å². The van der Waals surface area contributed by atoms with Crippen LogP contribution in [0.5, 0.6) is 0 Å². The normalized spacial score (nSPS) is 11.8. The van der Waals surface area contributed by atoms with Gasteiger partial charge in [-0.2, -0.15) is 0 Å². The summed E-state index contributed by atoms with van der Waals surface area (Å²) in [5.74, 6) is 0. The molecule has 3 heteroatoms. The van der Waals surface area contributed by atoms with Crippen LogP contribution in [0, 0.1) is 0 Å². The number of hydrogen-bond donors (Lipinski definition) is 1. The molecule has 0 radical (unpaired) electrons. The van der Waals surface area contributed by atoms with Crippen molar-refractivity contribution in [3.05, 3.63) is 35.4 Å². The maximum atomic E-state index is 5.82. The summed E-state index contributed by atoms with van der Waals surface area (Å²) in [4.78, 5) is 2.46. The van der Waals surface area contributed by atoms with Crippen molar-refractivity contribution < 1.29 is 4.74 Å². The molecule has 1 aromatic rings. The van der Waals surface area contributed by atoms with Gasteiger partial charge in [0.05, 0.1) is 13.2 Å². The lowest BCUT2D eigenvalue weighted by Crippen LogP contribution is -2.39. The van der Waals surface area contributed by atoms with E-state index >= 15 is 0 Å². The highest BCUT2D eigenvalue weighted by atomic mass is 16.5. The predicted molar refractivity (Wildman–Crippen MR) is 90.7 cm³/mol. The van der Waals surface area contributed by atoms with Crippen molar-refractivity contribution >= 4 is 0 Å². The lowest BCUT2D eigenvalue weighted by Gasteiger charge is -2.30. The van der Waals surface area contributed by atoms with Gasteiger partial charge in [0.2, 0.25) is 0 Å². The van der Waals surface area contributed by atoms with Crippen LogP contribution in [0.15, 0.2) is 24.3 Å². The van der Waals surface area contributed by atoms with E-state index in [1.165, 1.54) is 11.1 Å². The first-order chi connectivity index (χ1) is 10.0. The third kappa shape index (κ3) is 7.07. The minimum atomic E-state index is 0.569. The van der Waals surface area contributed by atoms with E-state index in [1.54, 1.807) is 0 Å². The highest BCUT2D eigenvalue weighted by Gasteiger charge is 2.12. The third-order valence-corrected chi connectivity index (χ3v) is 3.78. The Morgan fingerprint density at radius 1 is 1.00 bits per heavy atom. The van der Waals surface area contributed by atoms with E-state index in [2.05, 4.69) is 62.2 Å². The second-order valence-corrected chi connectivity index (χ2v) is 6.15. The Morgan fingerprint density at radius 2 is 1.57 bits per heavy atom. The van der Waals surface area contributed by atoms with Crippen molar-refractivity contribution in [3.8, 4) is 0 Å². The van der Waals surface area contributed by atoms with Crippen molar-refractivity contribution in [1.29, 1.82) is 0 Å². The number of benzene rings is 1. The van der Waals surface area contributed by atoms with E-state index in [9.17, 15) is 0 Å². The molecule has 0 spiro atoms. The van der Waals surface area contributed by atoms with E-state index in [-0.39, 0.29) is 0 Å². The quantitative estimate of drug-likeness (QED) is 0.671. The summed E-state index contributed by atoms with van der Waals surface area (Å²) in [6.45, 7) is 12.5. The van der Waals surface area contributed by atoms with Crippen molar-refractivity contribution in [3.63, 3.8) is 0 Å². The Kier molecular flexibility index (Phi) is 8.58. The molecule has 21 heavy (non-hydrogen) atoms. The van der Waals surface area contributed by atoms with Gasteiger partial charge in [0.15, 0.2) is 0 Å². The molecule has 0 unspecified atom stereocenters. The summed E-state index contributed by atoms with van der Waals surface area (Å²) in [6.07, 6.45) is 1.08. The summed E-state index contributed by atoms with van der Waals surface area (Å²) in [6, 6.07) is 9.89. The average Bonchev–Trinajstić information content (AvgIpc) is 2.45. The van der Waals surface area contributed by atoms with Crippen LogP contribution < -0.4 is 5.32 Å². The van der Waals surface area contributed by atoms with Crippen LogP contribution in [-0.2, 0) is 17.8 Å². The van der Waals surface area contributed by atoms with Gasteiger partial charge in [-0.25, -0.2) is 0 Å². The predicted octanol–water partition coefficient (Wildman–Crippen LogP) is 3.08. The fourth-order valence-corrected chi connectivity index (χ4v) is 2.54. The average molecular weight is 292 g/mol. The summed E-state index contributed by atoms with van der Waals surface area (Å²) in [5.41, 5.74) is 2.63. The molecule has 0 atom stereocenters. The van der Waals surface area contributed by atoms with E-state index in [4.69, 9.17) is 4.74 Å². The molecule has 0 saturated carbocycles. The highest BCUT2D eigenvalue weighted by Crippen LogP contribution is 2.08. The molecular weight excluding hydrogens is 260 g/mol. The molecule has 0 amide bonds. The van der Waals surface area contributed by atoms with Gasteiger partial charge in [-0.1, -0.05) is 24.3 Å². The van der Waals surface area contributed by atoms with Gasteiger partial charge in [-0.3, -0.25) is 4.90 Å². The Hall–Kier alpha value is -0.900. The van der Waals surface area contributed by atoms with Gasteiger partial charge in [0, 0.05) is 18.6 Å². The van der Waals surface area contributed by atoms with E-state index in [1.807, 2.05) is 7.05 Å². The first-order valence-corrected chi connectivity index (χ1v) is 8.10. The molecule has 0 aliphatic carbocycles. The smallest absolute Gasteiger partial charge is 0.0717 e. The number of likely N-dealkylation sites (N-methyl/N-ethyl adjacent to an activating group) is 1. The molecule has 0 fully saturated rings. The lowest BCUT2D eigenvalue weighted by atomic mass is 10.1. The van der Waals surface area contributed by atoms with Crippen LogP contribution >= 0.6 is 0 Å². The summed E-state index contributed by atoms with van der Waals surface area (Å²) < 4.78 is 5.82. The van der Waals surface area contributed by atoms with Gasteiger partial charge < -0.3 is 10.1 Å². The summed E-state index contributed by atoms with van der Waals surface area (Å²) in [7, 11) is 1.99. The largest absolute Gasteiger partial charge is 0.375 e. The van der Waals surface area contributed by atoms with Gasteiger partial charge in [0.1, 0.15) is 0 Å². The number of nitrogens with one attached hydrogen (secondary N) is 1. The van der Waals surface area contributed by atoms with Crippen LogP contribution in [0.3, 0.4) is 0 Å². The Morgan fingerprint density at radius 3 is 2.10 bits per heavy atom. The molecular formula is C18H32N2O. The molecule has 0 aliphatic heterocycles. The van der Waals surface area contributed by atoms with Crippen LogP contribution in [0.1, 0.15) is 38.8 Å². The Labute approximate surface area is 130 Å². The number of nitrogens with zero attached hydrogens (tertiary/aromatic N) is 1. The maximum absolute atomic E-state index is 5.82. The second-order valence-electron chi connectivity index (χ2n) is 6.15. The third-order valence-electron chi connectivity index (χ3n) is 3.78. The van der Waals surface area contributed by atoms with Crippen LogP contribution in [0.4, 0.5) is 0 Å². The molecule has 0 saturated heterocycles. The monoisotopic (exact) mass is 292 g/mol. The molecule has 1 rings (SSSR count). The molecule has 0 heterocycles. The minimum absolute atomic E-state index is 0.569. The van der Waals surface area contributed by atoms with Crippen LogP contribution in [0.25, 0.3) is 0 Å². The fraction of sp³-hybridized carbons (Fsp3) is 0.667. The van der Waals surface area contributed by atoms with Gasteiger partial charge >= 0.3 is 0 Å². The van der Waals surface area contributed by atoms with Crippen molar-refractivity contribution in [1.82, 2.24) is 10.2 Å². The van der Waals surface area contributed by atoms with E-state index in [0.717, 1.165) is 26.1 Å². The molecule has 3 nitrogen and oxygen atoms in total. The number of rotatable bonds is 10. The Bertz CT molecular complexity index is 365. The van der Waals surface area contributed by atoms with Crippen LogP contribution in [-0.4, -0.2) is 43.7 Å². The van der Waals surface area contributed by atoms with Crippen molar-refractivity contribution in [2.45, 2.75) is 52.8 Å². The molecule has 0 bridgehead atoms. The lowest BCUT2D eigenvalue weighted by molar-refractivity contribution is 0.0699. The highest BCUT2D eigenvalue weighted by molar-refractivity contribution is 5.22. The first kappa shape index (κ1) is 18.1. The van der Waals surface area contributed by atoms with E-state index < -0.39 is 0 Å². The minimum Gasteiger partial charge on any atom is -0.375 e. The molecule has 1 N–H and O–H groups in total. The van der Waals surface area contributed by atoms with E-state index in [0.29, 0.717) is 18.7 Å². The molecule has 1 aromatic carbocycles. The zero-order chi connectivity index (χ0) is 15.7. The number of ether oxygens (including phenoxy) is 1. The standard InChI is InChI=1S/C18H32N2O/c1-15(2)20(16(3)4)12-13-21-14-18-8-6-17(7-9-18)10-11-19-5/h6-9,15-16,19H,10-14H2,1-5H3. The molecule has 0 aromatic heterocycles.